The Kier molecular flexibility index (Phi) is 8.89. The molecule has 1 unspecified atom stereocenters. The van der Waals surface area contributed by atoms with Crippen molar-refractivity contribution in [3.8, 4) is 6.07 Å². The van der Waals surface area contributed by atoms with Gasteiger partial charge in [-0.2, -0.15) is 5.26 Å². The van der Waals surface area contributed by atoms with Crippen LogP contribution in [-0.2, 0) is 0 Å². The van der Waals surface area contributed by atoms with Crippen LogP contribution >= 0.6 is 0 Å². The van der Waals surface area contributed by atoms with Crippen LogP contribution in [0.25, 0.3) is 5.70 Å². The fraction of sp³-hybridized carbons (Fsp3) is 0.467. The molecule has 0 spiro atoms. The first kappa shape index (κ1) is 24.8. The van der Waals surface area contributed by atoms with Crippen LogP contribution in [0.2, 0.25) is 0 Å². The molecule has 0 radical (unpaired) electrons. The quantitative estimate of drug-likeness (QED) is 0.372. The molecule has 1 aliphatic heterocycles. The Morgan fingerprint density at radius 3 is 2.12 bits per heavy atom. The molecule has 3 rings (SSSR count). The number of nitrogens with zero attached hydrogens (tertiary/aromatic N) is 3. The minimum Gasteiger partial charge on any atom is -0.318 e. The third kappa shape index (κ3) is 5.22. The van der Waals surface area contributed by atoms with E-state index in [9.17, 15) is 5.26 Å². The molecular weight excluding hydrogens is 402 g/mol. The molecule has 2 aromatic rings. The van der Waals surface area contributed by atoms with Crippen LogP contribution < -0.4 is 4.90 Å². The molecule has 3 heteroatoms. The predicted octanol–water partition coefficient (Wildman–Crippen LogP) is 8.36. The van der Waals surface area contributed by atoms with E-state index in [-0.39, 0.29) is 0 Å². The number of benzene rings is 1. The molecule has 0 saturated carbocycles. The lowest BCUT2D eigenvalue weighted by atomic mass is 9.79. The van der Waals surface area contributed by atoms with Crippen LogP contribution in [0.5, 0.6) is 0 Å². The summed E-state index contributed by atoms with van der Waals surface area (Å²) in [6.45, 7) is 11.3. The van der Waals surface area contributed by atoms with Gasteiger partial charge >= 0.3 is 0 Å². The van der Waals surface area contributed by atoms with E-state index in [1.165, 1.54) is 22.4 Å². The maximum atomic E-state index is 9.37. The van der Waals surface area contributed by atoms with Crippen LogP contribution in [0.4, 0.5) is 5.82 Å². The molecule has 33 heavy (non-hydrogen) atoms. The Hall–Kier alpha value is -2.86. The summed E-state index contributed by atoms with van der Waals surface area (Å²) in [4.78, 5) is 7.47. The molecule has 1 aromatic heterocycles. The molecule has 1 aromatic carbocycles. The summed E-state index contributed by atoms with van der Waals surface area (Å²) in [5, 5.41) is 9.37. The normalized spacial score (nSPS) is 16.4. The van der Waals surface area contributed by atoms with E-state index in [4.69, 9.17) is 4.98 Å². The number of hydrogen-bond donors (Lipinski definition) is 0. The van der Waals surface area contributed by atoms with Gasteiger partial charge in [-0.05, 0) is 78.7 Å². The third-order valence-corrected chi connectivity index (χ3v) is 6.57. The molecular formula is C30H39N3. The summed E-state index contributed by atoms with van der Waals surface area (Å²) in [5.41, 5.74) is 9.07. The van der Waals surface area contributed by atoms with Gasteiger partial charge in [0.05, 0.1) is 23.4 Å². The molecule has 0 saturated heterocycles. The highest BCUT2D eigenvalue weighted by molar-refractivity contribution is 5.87. The lowest BCUT2D eigenvalue weighted by Gasteiger charge is -2.44. The summed E-state index contributed by atoms with van der Waals surface area (Å²) >= 11 is 0. The zero-order chi connectivity index (χ0) is 23.8. The van der Waals surface area contributed by atoms with Crippen molar-refractivity contribution in [2.24, 2.45) is 0 Å². The van der Waals surface area contributed by atoms with Gasteiger partial charge in [0.1, 0.15) is 5.82 Å². The van der Waals surface area contributed by atoms with E-state index in [0.717, 1.165) is 57.2 Å². The molecule has 1 atom stereocenters. The van der Waals surface area contributed by atoms with E-state index in [1.54, 1.807) is 11.1 Å². The number of nitriles is 1. The Labute approximate surface area is 200 Å². The van der Waals surface area contributed by atoms with Crippen molar-refractivity contribution >= 4 is 11.5 Å². The third-order valence-electron chi connectivity index (χ3n) is 6.57. The second-order valence-corrected chi connectivity index (χ2v) is 9.09. The molecule has 0 bridgehead atoms. The Balaban J connectivity index is 2.39. The number of allylic oxidation sites excluding steroid dienone is 2. The number of anilines is 1. The Morgan fingerprint density at radius 1 is 0.879 bits per heavy atom. The Morgan fingerprint density at radius 2 is 1.55 bits per heavy atom. The highest BCUT2D eigenvalue weighted by Gasteiger charge is 2.36. The van der Waals surface area contributed by atoms with Crippen molar-refractivity contribution in [3.63, 3.8) is 0 Å². The van der Waals surface area contributed by atoms with Crippen molar-refractivity contribution in [3.05, 3.63) is 76.0 Å². The zero-order valence-corrected chi connectivity index (χ0v) is 21.1. The minimum atomic E-state index is 0.316. The van der Waals surface area contributed by atoms with Crippen molar-refractivity contribution < 1.29 is 0 Å². The lowest BCUT2D eigenvalue weighted by molar-refractivity contribution is 0.601. The first-order chi connectivity index (χ1) is 16.1. The van der Waals surface area contributed by atoms with Crippen LogP contribution in [-0.4, -0.2) is 11.0 Å². The summed E-state index contributed by atoms with van der Waals surface area (Å²) in [6.07, 6.45) is 10.9. The number of hydrogen-bond acceptors (Lipinski definition) is 3. The highest BCUT2D eigenvalue weighted by atomic mass is 15.2. The molecule has 0 fully saturated rings. The predicted molar refractivity (Wildman–Crippen MR) is 140 cm³/mol. The summed E-state index contributed by atoms with van der Waals surface area (Å²) in [6, 6.07) is 15.0. The molecule has 174 valence electrons. The van der Waals surface area contributed by atoms with Gasteiger partial charge in [0.25, 0.3) is 0 Å². The first-order valence-electron chi connectivity index (χ1n) is 12.8. The zero-order valence-electron chi connectivity index (χ0n) is 21.1. The van der Waals surface area contributed by atoms with Crippen LogP contribution in [0.3, 0.4) is 0 Å². The van der Waals surface area contributed by atoms with Gasteiger partial charge in [0.2, 0.25) is 0 Å². The van der Waals surface area contributed by atoms with Crippen molar-refractivity contribution in [2.75, 3.05) is 4.90 Å². The monoisotopic (exact) mass is 441 g/mol. The average Bonchev–Trinajstić information content (AvgIpc) is 2.83. The number of aromatic nitrogens is 1. The second-order valence-electron chi connectivity index (χ2n) is 9.09. The van der Waals surface area contributed by atoms with Gasteiger partial charge in [-0.25, -0.2) is 4.98 Å². The summed E-state index contributed by atoms with van der Waals surface area (Å²) in [7, 11) is 0. The van der Waals surface area contributed by atoms with Gasteiger partial charge in [-0.1, -0.05) is 71.6 Å². The van der Waals surface area contributed by atoms with Crippen LogP contribution in [0, 0.1) is 18.3 Å². The van der Waals surface area contributed by atoms with E-state index in [1.807, 2.05) is 24.4 Å². The Bertz CT molecular complexity index is 1040. The topological polar surface area (TPSA) is 39.9 Å². The second kappa shape index (κ2) is 11.8. The summed E-state index contributed by atoms with van der Waals surface area (Å²) < 4.78 is 0. The highest BCUT2D eigenvalue weighted by Crippen LogP contribution is 2.46. The standard InChI is InChI=1S/C30H39N3/c1-6-11-25-26(12-7-2)28(14-9-4)33(30-22(5)15-10-20-32-30)29(27(25)13-8-3)24-18-16-23(21-31)17-19-24/h10,15-20,28H,6-9,11-14H2,1-5H3. The SMILES string of the molecule is CCCC1=C(CCC)C(CCC)N(c2ncccc2C)C(c2ccc(C#N)cc2)=C1CCC. The fourth-order valence-electron chi connectivity index (χ4n) is 5.24. The average molecular weight is 442 g/mol. The molecule has 0 N–H and O–H groups in total. The van der Waals surface area contributed by atoms with E-state index >= 15 is 0 Å². The maximum absolute atomic E-state index is 9.37. The van der Waals surface area contributed by atoms with E-state index in [0.29, 0.717) is 11.6 Å². The first-order valence-corrected chi connectivity index (χ1v) is 12.8. The van der Waals surface area contributed by atoms with Crippen molar-refractivity contribution in [1.82, 2.24) is 4.98 Å². The van der Waals surface area contributed by atoms with Gasteiger partial charge in [0, 0.05) is 6.20 Å². The van der Waals surface area contributed by atoms with E-state index < -0.39 is 0 Å². The molecule has 1 aliphatic rings. The minimum absolute atomic E-state index is 0.316. The maximum Gasteiger partial charge on any atom is 0.136 e. The van der Waals surface area contributed by atoms with Crippen LogP contribution in [0.1, 0.15) is 95.8 Å². The van der Waals surface area contributed by atoms with Crippen LogP contribution in [0.15, 0.2) is 59.3 Å². The molecule has 2 heterocycles. The largest absolute Gasteiger partial charge is 0.318 e. The fourth-order valence-corrected chi connectivity index (χ4v) is 5.24. The number of pyridine rings is 1. The summed E-state index contributed by atoms with van der Waals surface area (Å²) in [5.74, 6) is 1.06. The van der Waals surface area contributed by atoms with Gasteiger partial charge in [-0.3, -0.25) is 0 Å². The molecule has 0 amide bonds. The van der Waals surface area contributed by atoms with Gasteiger partial charge in [-0.15, -0.1) is 0 Å². The van der Waals surface area contributed by atoms with Gasteiger partial charge in [0.15, 0.2) is 0 Å². The molecule has 3 nitrogen and oxygen atoms in total. The number of rotatable bonds is 10. The lowest BCUT2D eigenvalue weighted by Crippen LogP contribution is -2.41. The van der Waals surface area contributed by atoms with Crippen molar-refractivity contribution in [2.45, 2.75) is 92.0 Å². The molecule has 0 aliphatic carbocycles. The smallest absolute Gasteiger partial charge is 0.136 e. The van der Waals surface area contributed by atoms with Crippen molar-refractivity contribution in [1.29, 1.82) is 5.26 Å². The van der Waals surface area contributed by atoms with Gasteiger partial charge < -0.3 is 4.90 Å². The number of aryl methyl sites for hydroxylation is 1. The van der Waals surface area contributed by atoms with E-state index in [2.05, 4.69) is 63.8 Å².